The van der Waals surface area contributed by atoms with Crippen LogP contribution in [0.5, 0.6) is 0 Å². The second-order valence-electron chi connectivity index (χ2n) is 9.52. The summed E-state index contributed by atoms with van der Waals surface area (Å²) in [6, 6.07) is 2.87. The molecular weight excluding hydrogens is 427 g/mol. The minimum atomic E-state index is -4.31. The summed E-state index contributed by atoms with van der Waals surface area (Å²) >= 11 is 0. The van der Waals surface area contributed by atoms with Gasteiger partial charge < -0.3 is 5.32 Å². The smallest absolute Gasteiger partial charge is 0.302 e. The van der Waals surface area contributed by atoms with Crippen molar-refractivity contribution >= 4 is 11.1 Å². The number of nitrogens with one attached hydrogen (secondary N) is 1. The first-order valence-corrected chi connectivity index (χ1v) is 11.4. The lowest BCUT2D eigenvalue weighted by Gasteiger charge is -2.41. The van der Waals surface area contributed by atoms with Crippen LogP contribution >= 0.6 is 0 Å². The zero-order valence-electron chi connectivity index (χ0n) is 19.1. The van der Waals surface area contributed by atoms with Gasteiger partial charge in [0.15, 0.2) is 5.82 Å². The molecule has 1 fully saturated rings. The lowest BCUT2D eigenvalue weighted by atomic mass is 9.62. The third-order valence-electron chi connectivity index (χ3n) is 7.12. The third kappa shape index (κ3) is 4.51. The summed E-state index contributed by atoms with van der Waals surface area (Å²) in [5.74, 6) is 0.865. The van der Waals surface area contributed by atoms with Gasteiger partial charge in [0, 0.05) is 41.7 Å². The van der Waals surface area contributed by atoms with Gasteiger partial charge in [-0.05, 0) is 50.2 Å². The Bertz CT molecular complexity index is 1090. The standard InChI is InChI=1S/C25H28F3N5/c1-15-8-18-9-24(3,19-6-4-5-7-19)21(20(10-29)22(18)31-11-15)23-32-13-17(14-33-23)12-30-16(2)25(26,27)28/h8,11,13-14,16,19,30H,4-7,9,12H2,1-3H3. The molecule has 174 valence electrons. The molecule has 0 aliphatic heterocycles. The highest BCUT2D eigenvalue weighted by Gasteiger charge is 2.46. The lowest BCUT2D eigenvalue weighted by molar-refractivity contribution is -0.151. The number of alkyl halides is 3. The van der Waals surface area contributed by atoms with Crippen LogP contribution in [0.1, 0.15) is 67.7 Å². The summed E-state index contributed by atoms with van der Waals surface area (Å²) in [6.07, 6.45) is 5.82. The van der Waals surface area contributed by atoms with E-state index in [-0.39, 0.29) is 12.0 Å². The van der Waals surface area contributed by atoms with Crippen molar-refractivity contribution in [1.82, 2.24) is 20.3 Å². The molecule has 0 spiro atoms. The van der Waals surface area contributed by atoms with Gasteiger partial charge in [0.05, 0.1) is 11.3 Å². The summed E-state index contributed by atoms with van der Waals surface area (Å²) in [6.45, 7) is 5.29. The first-order valence-electron chi connectivity index (χ1n) is 11.4. The van der Waals surface area contributed by atoms with Gasteiger partial charge in [0.2, 0.25) is 0 Å². The highest BCUT2D eigenvalue weighted by Crippen LogP contribution is 2.54. The predicted octanol–water partition coefficient (Wildman–Crippen LogP) is 5.41. The van der Waals surface area contributed by atoms with Gasteiger partial charge in [-0.15, -0.1) is 0 Å². The Kier molecular flexibility index (Phi) is 6.28. The second-order valence-corrected chi connectivity index (χ2v) is 9.52. The van der Waals surface area contributed by atoms with Crippen LogP contribution in [0.2, 0.25) is 0 Å². The van der Waals surface area contributed by atoms with E-state index in [2.05, 4.69) is 39.3 Å². The van der Waals surface area contributed by atoms with Crippen LogP contribution in [0.15, 0.2) is 24.7 Å². The zero-order chi connectivity index (χ0) is 23.8. The van der Waals surface area contributed by atoms with Gasteiger partial charge in [-0.2, -0.15) is 18.4 Å². The number of rotatable bonds is 5. The van der Waals surface area contributed by atoms with Gasteiger partial charge in [0.1, 0.15) is 12.1 Å². The van der Waals surface area contributed by atoms with E-state index in [4.69, 9.17) is 0 Å². The average molecular weight is 456 g/mol. The summed E-state index contributed by atoms with van der Waals surface area (Å²) in [7, 11) is 0. The first kappa shape index (κ1) is 23.4. The average Bonchev–Trinajstić information content (AvgIpc) is 3.32. The number of allylic oxidation sites excluding steroid dienone is 2. The van der Waals surface area contributed by atoms with Crippen LogP contribution in [0.3, 0.4) is 0 Å². The van der Waals surface area contributed by atoms with Crippen molar-refractivity contribution in [2.24, 2.45) is 11.3 Å². The molecule has 2 aromatic heterocycles. The molecule has 2 aliphatic carbocycles. The Morgan fingerprint density at radius 2 is 1.85 bits per heavy atom. The van der Waals surface area contributed by atoms with Gasteiger partial charge in [0.25, 0.3) is 0 Å². The molecule has 2 heterocycles. The molecular formula is C25H28F3N5. The van der Waals surface area contributed by atoms with Crippen LogP contribution in [-0.4, -0.2) is 27.2 Å². The Hall–Kier alpha value is -2.79. The monoisotopic (exact) mass is 455 g/mol. The van der Waals surface area contributed by atoms with E-state index in [1.165, 1.54) is 0 Å². The highest BCUT2D eigenvalue weighted by atomic mass is 19.4. The molecule has 0 saturated heterocycles. The van der Waals surface area contributed by atoms with E-state index in [9.17, 15) is 18.4 Å². The summed E-state index contributed by atoms with van der Waals surface area (Å²) < 4.78 is 38.4. The Balaban J connectivity index is 1.73. The molecule has 5 nitrogen and oxygen atoms in total. The molecule has 2 aliphatic rings. The van der Waals surface area contributed by atoms with Gasteiger partial charge in [-0.1, -0.05) is 25.8 Å². The normalized spacial score (nSPS) is 22.2. The number of aryl methyl sites for hydroxylation is 1. The maximum Gasteiger partial charge on any atom is 0.403 e. The van der Waals surface area contributed by atoms with Crippen LogP contribution < -0.4 is 5.32 Å². The van der Waals surface area contributed by atoms with E-state index in [1.807, 2.05) is 6.92 Å². The highest BCUT2D eigenvalue weighted by molar-refractivity contribution is 5.99. The van der Waals surface area contributed by atoms with Crippen molar-refractivity contribution in [3.63, 3.8) is 0 Å². The van der Waals surface area contributed by atoms with Crippen molar-refractivity contribution in [1.29, 1.82) is 5.26 Å². The molecule has 1 N–H and O–H groups in total. The summed E-state index contributed by atoms with van der Waals surface area (Å²) in [4.78, 5) is 13.6. The van der Waals surface area contributed by atoms with Crippen molar-refractivity contribution in [3.05, 3.63) is 52.9 Å². The van der Waals surface area contributed by atoms with Crippen molar-refractivity contribution in [2.75, 3.05) is 0 Å². The fourth-order valence-corrected chi connectivity index (χ4v) is 5.23. The molecule has 4 rings (SSSR count). The number of fused-ring (bicyclic) bond motifs is 1. The molecule has 0 aromatic carbocycles. The number of aromatic nitrogens is 3. The first-order chi connectivity index (χ1) is 15.6. The number of hydrogen-bond acceptors (Lipinski definition) is 5. The molecule has 2 atom stereocenters. The second kappa shape index (κ2) is 8.86. The molecule has 33 heavy (non-hydrogen) atoms. The van der Waals surface area contributed by atoms with E-state index < -0.39 is 12.2 Å². The molecule has 0 amide bonds. The fraction of sp³-hybridized carbons (Fsp3) is 0.520. The van der Waals surface area contributed by atoms with Crippen molar-refractivity contribution in [3.8, 4) is 6.07 Å². The van der Waals surface area contributed by atoms with E-state index in [1.54, 1.807) is 18.6 Å². The SMILES string of the molecule is Cc1cnc2c(c1)CC(C)(C1CCCC1)C(c1ncc(CNC(C)C(F)(F)F)cn1)=C2C#N. The van der Waals surface area contributed by atoms with Crippen molar-refractivity contribution in [2.45, 2.75) is 71.6 Å². The topological polar surface area (TPSA) is 74.5 Å². The van der Waals surface area contributed by atoms with E-state index in [0.29, 0.717) is 28.6 Å². The van der Waals surface area contributed by atoms with Gasteiger partial charge >= 0.3 is 6.18 Å². The fourth-order valence-electron chi connectivity index (χ4n) is 5.23. The van der Waals surface area contributed by atoms with Gasteiger partial charge in [-0.3, -0.25) is 4.98 Å². The Morgan fingerprint density at radius 3 is 2.45 bits per heavy atom. The number of pyridine rings is 1. The van der Waals surface area contributed by atoms with E-state index >= 15 is 0 Å². The number of nitriles is 1. The largest absolute Gasteiger partial charge is 0.403 e. The molecule has 8 heteroatoms. The van der Waals surface area contributed by atoms with Crippen LogP contribution in [0.4, 0.5) is 13.2 Å². The predicted molar refractivity (Wildman–Crippen MR) is 120 cm³/mol. The molecule has 2 aromatic rings. The quantitative estimate of drug-likeness (QED) is 0.653. The molecule has 2 unspecified atom stereocenters. The third-order valence-corrected chi connectivity index (χ3v) is 7.12. The number of halogens is 3. The molecule has 0 bridgehead atoms. The van der Waals surface area contributed by atoms with E-state index in [0.717, 1.165) is 55.7 Å². The maximum atomic E-state index is 12.8. The molecule has 1 saturated carbocycles. The van der Waals surface area contributed by atoms with Crippen LogP contribution in [0.25, 0.3) is 11.1 Å². The van der Waals surface area contributed by atoms with Crippen LogP contribution in [-0.2, 0) is 13.0 Å². The minimum absolute atomic E-state index is 0.00860. The van der Waals surface area contributed by atoms with Crippen LogP contribution in [0, 0.1) is 29.6 Å². The number of nitrogens with zero attached hydrogens (tertiary/aromatic N) is 4. The Labute approximate surface area is 192 Å². The van der Waals surface area contributed by atoms with Crippen molar-refractivity contribution < 1.29 is 13.2 Å². The minimum Gasteiger partial charge on any atom is -0.302 e. The summed E-state index contributed by atoms with van der Waals surface area (Å²) in [5.41, 5.74) is 4.37. The Morgan fingerprint density at radius 1 is 1.18 bits per heavy atom. The number of hydrogen-bond donors (Lipinski definition) is 1. The summed E-state index contributed by atoms with van der Waals surface area (Å²) in [5, 5.41) is 12.6. The zero-order valence-corrected chi connectivity index (χ0v) is 19.1. The molecule has 0 radical (unpaired) electrons. The lowest BCUT2D eigenvalue weighted by Crippen LogP contribution is -2.39. The maximum absolute atomic E-state index is 12.8. The van der Waals surface area contributed by atoms with Gasteiger partial charge in [-0.25, -0.2) is 9.97 Å².